The molecule has 0 aliphatic heterocycles. The van der Waals surface area contributed by atoms with E-state index >= 15 is 0 Å². The normalized spacial score (nSPS) is 10.4. The van der Waals surface area contributed by atoms with Crippen LogP contribution in [-0.2, 0) is 0 Å². The fraction of sp³-hybridized carbons (Fsp3) is 0.222. The zero-order chi connectivity index (χ0) is 11.4. The Morgan fingerprint density at radius 2 is 2.31 bits per heavy atom. The van der Waals surface area contributed by atoms with Crippen molar-refractivity contribution in [3.8, 4) is 0 Å². The minimum Gasteiger partial charge on any atom is -0.354 e. The highest BCUT2D eigenvalue weighted by Gasteiger charge is 2.06. The average molecular weight is 273 g/mol. The molecule has 0 aliphatic carbocycles. The number of aromatic nitrogens is 3. The molecule has 0 radical (unpaired) electrons. The summed E-state index contributed by atoms with van der Waals surface area (Å²) in [4.78, 5) is 12.3. The zero-order valence-electron chi connectivity index (χ0n) is 8.48. The van der Waals surface area contributed by atoms with Crippen molar-refractivity contribution < 1.29 is 0 Å². The Kier molecular flexibility index (Phi) is 3.98. The fourth-order valence-electron chi connectivity index (χ4n) is 1.03. The summed E-state index contributed by atoms with van der Waals surface area (Å²) in [5.74, 6) is 0.515. The summed E-state index contributed by atoms with van der Waals surface area (Å²) < 4.78 is 1.13. The number of thiophene rings is 1. The lowest BCUT2D eigenvalue weighted by Gasteiger charge is -2.03. The van der Waals surface area contributed by atoms with Gasteiger partial charge in [0.1, 0.15) is 0 Å². The third-order valence-electron chi connectivity index (χ3n) is 1.61. The molecule has 2 aromatic rings. The van der Waals surface area contributed by atoms with Gasteiger partial charge in [0.15, 0.2) is 5.16 Å². The van der Waals surface area contributed by atoms with E-state index in [-0.39, 0.29) is 5.28 Å². The Morgan fingerprint density at radius 3 is 3.00 bits per heavy atom. The lowest BCUT2D eigenvalue weighted by molar-refractivity contribution is 0.899. The number of rotatable bonds is 4. The van der Waals surface area contributed by atoms with E-state index in [2.05, 4.69) is 20.3 Å². The van der Waals surface area contributed by atoms with Crippen molar-refractivity contribution in [2.24, 2.45) is 0 Å². The lowest BCUT2D eigenvalue weighted by atomic mass is 10.7. The number of hydrogen-bond donors (Lipinski definition) is 1. The summed E-state index contributed by atoms with van der Waals surface area (Å²) in [6.45, 7) is 2.73. The van der Waals surface area contributed by atoms with E-state index in [9.17, 15) is 0 Å². The highest BCUT2D eigenvalue weighted by molar-refractivity contribution is 8.01. The standard InChI is InChI=1S/C9H9ClN4S2/c1-2-11-8-12-7(10)13-9(14-8)16-6-4-3-5-15-6/h3-5H,2H2,1H3,(H,11,12,13,14). The number of anilines is 1. The average Bonchev–Trinajstić information content (AvgIpc) is 2.70. The second-order valence-electron chi connectivity index (χ2n) is 2.78. The highest BCUT2D eigenvalue weighted by Crippen LogP contribution is 2.29. The van der Waals surface area contributed by atoms with Gasteiger partial charge in [-0.15, -0.1) is 11.3 Å². The van der Waals surface area contributed by atoms with Crippen LogP contribution in [0, 0.1) is 0 Å². The largest absolute Gasteiger partial charge is 0.354 e. The molecule has 2 heterocycles. The van der Waals surface area contributed by atoms with E-state index in [4.69, 9.17) is 11.6 Å². The second kappa shape index (κ2) is 5.47. The maximum Gasteiger partial charge on any atom is 0.228 e. The summed E-state index contributed by atoms with van der Waals surface area (Å²) in [6, 6.07) is 4.00. The Morgan fingerprint density at radius 1 is 1.44 bits per heavy atom. The molecule has 0 amide bonds. The molecule has 7 heteroatoms. The molecule has 2 aromatic heterocycles. The van der Waals surface area contributed by atoms with Crippen LogP contribution in [0.5, 0.6) is 0 Å². The van der Waals surface area contributed by atoms with Crippen LogP contribution in [0.25, 0.3) is 0 Å². The van der Waals surface area contributed by atoms with Crippen molar-refractivity contribution in [1.29, 1.82) is 0 Å². The predicted molar refractivity (Wildman–Crippen MR) is 67.4 cm³/mol. The van der Waals surface area contributed by atoms with E-state index < -0.39 is 0 Å². The summed E-state index contributed by atoms with van der Waals surface area (Å²) in [5.41, 5.74) is 0. The van der Waals surface area contributed by atoms with Gasteiger partial charge >= 0.3 is 0 Å². The van der Waals surface area contributed by atoms with Gasteiger partial charge in [0.2, 0.25) is 11.2 Å². The Hall–Kier alpha value is -0.850. The highest BCUT2D eigenvalue weighted by atomic mass is 35.5. The molecule has 0 bridgehead atoms. The monoisotopic (exact) mass is 272 g/mol. The zero-order valence-corrected chi connectivity index (χ0v) is 10.9. The SMILES string of the molecule is CCNc1nc(Cl)nc(Sc2cccs2)n1. The minimum atomic E-state index is 0.213. The molecule has 0 aromatic carbocycles. The van der Waals surface area contributed by atoms with Crippen molar-refractivity contribution in [2.75, 3.05) is 11.9 Å². The van der Waals surface area contributed by atoms with Crippen LogP contribution >= 0.6 is 34.7 Å². The topological polar surface area (TPSA) is 50.7 Å². The summed E-state index contributed by atoms with van der Waals surface area (Å²) in [6.07, 6.45) is 0. The molecular weight excluding hydrogens is 264 g/mol. The van der Waals surface area contributed by atoms with Crippen LogP contribution in [-0.4, -0.2) is 21.5 Å². The van der Waals surface area contributed by atoms with Gasteiger partial charge in [-0.25, -0.2) is 0 Å². The Labute approximate surface area is 106 Å². The fourth-order valence-corrected chi connectivity index (χ4v) is 2.86. The maximum absolute atomic E-state index is 5.81. The van der Waals surface area contributed by atoms with Crippen LogP contribution < -0.4 is 5.32 Å². The van der Waals surface area contributed by atoms with Crippen LogP contribution in [0.2, 0.25) is 5.28 Å². The first-order valence-electron chi connectivity index (χ1n) is 4.64. The van der Waals surface area contributed by atoms with Crippen LogP contribution in [0.3, 0.4) is 0 Å². The molecule has 0 unspecified atom stereocenters. The molecular formula is C9H9ClN4S2. The van der Waals surface area contributed by atoms with Gasteiger partial charge < -0.3 is 5.32 Å². The molecule has 4 nitrogen and oxygen atoms in total. The third-order valence-corrected chi connectivity index (χ3v) is 3.68. The minimum absolute atomic E-state index is 0.213. The second-order valence-corrected chi connectivity index (χ2v) is 5.33. The van der Waals surface area contributed by atoms with Crippen molar-refractivity contribution in [3.05, 3.63) is 22.8 Å². The van der Waals surface area contributed by atoms with Crippen molar-refractivity contribution >= 4 is 40.6 Å². The van der Waals surface area contributed by atoms with Gasteiger partial charge in [-0.1, -0.05) is 6.07 Å². The van der Waals surface area contributed by atoms with Gasteiger partial charge in [-0.3, -0.25) is 0 Å². The molecule has 2 rings (SSSR count). The molecule has 0 saturated heterocycles. The van der Waals surface area contributed by atoms with Gasteiger partial charge in [0.25, 0.3) is 0 Å². The van der Waals surface area contributed by atoms with Crippen molar-refractivity contribution in [1.82, 2.24) is 15.0 Å². The molecule has 0 atom stereocenters. The third kappa shape index (κ3) is 3.07. The van der Waals surface area contributed by atoms with Crippen LogP contribution in [0.15, 0.2) is 26.9 Å². The van der Waals surface area contributed by atoms with Gasteiger partial charge in [-0.2, -0.15) is 15.0 Å². The van der Waals surface area contributed by atoms with Crippen molar-refractivity contribution in [3.63, 3.8) is 0 Å². The summed E-state index contributed by atoms with van der Waals surface area (Å²) in [7, 11) is 0. The van der Waals surface area contributed by atoms with E-state index in [1.165, 1.54) is 11.8 Å². The molecule has 84 valence electrons. The Balaban J connectivity index is 2.20. The maximum atomic E-state index is 5.81. The van der Waals surface area contributed by atoms with E-state index in [1.807, 2.05) is 24.4 Å². The first kappa shape index (κ1) is 11.6. The van der Waals surface area contributed by atoms with Crippen molar-refractivity contribution in [2.45, 2.75) is 16.3 Å². The van der Waals surface area contributed by atoms with Crippen LogP contribution in [0.4, 0.5) is 5.95 Å². The summed E-state index contributed by atoms with van der Waals surface area (Å²) in [5, 5.41) is 5.84. The smallest absolute Gasteiger partial charge is 0.228 e. The van der Waals surface area contributed by atoms with Gasteiger partial charge in [0.05, 0.1) is 4.21 Å². The lowest BCUT2D eigenvalue weighted by Crippen LogP contribution is -2.04. The predicted octanol–water partition coefficient (Wildman–Crippen LogP) is 3.17. The van der Waals surface area contributed by atoms with E-state index in [1.54, 1.807) is 11.3 Å². The number of nitrogens with zero attached hydrogens (tertiary/aromatic N) is 3. The Bertz CT molecular complexity index is 461. The molecule has 0 fully saturated rings. The first-order chi connectivity index (χ1) is 7.78. The number of halogens is 1. The van der Waals surface area contributed by atoms with E-state index in [0.29, 0.717) is 11.1 Å². The summed E-state index contributed by atoms with van der Waals surface area (Å²) >= 11 is 8.94. The molecule has 16 heavy (non-hydrogen) atoms. The quantitative estimate of drug-likeness (QED) is 0.926. The molecule has 0 saturated carbocycles. The van der Waals surface area contributed by atoms with E-state index in [0.717, 1.165) is 10.8 Å². The molecule has 1 N–H and O–H groups in total. The van der Waals surface area contributed by atoms with Crippen LogP contribution in [0.1, 0.15) is 6.92 Å². The number of nitrogens with one attached hydrogen (secondary N) is 1. The van der Waals surface area contributed by atoms with Gasteiger partial charge in [-0.05, 0) is 41.7 Å². The van der Waals surface area contributed by atoms with Gasteiger partial charge in [0, 0.05) is 6.54 Å². The first-order valence-corrected chi connectivity index (χ1v) is 6.72. The molecule has 0 spiro atoms. The number of hydrogen-bond acceptors (Lipinski definition) is 6. The molecule has 0 aliphatic rings.